The summed E-state index contributed by atoms with van der Waals surface area (Å²) in [5.74, 6) is -1.35. The van der Waals surface area contributed by atoms with E-state index in [0.717, 1.165) is 53.5 Å². The fraction of sp³-hybridized carbons (Fsp3) is 0.273. The number of hydrogen-bond acceptors (Lipinski definition) is 3. The van der Waals surface area contributed by atoms with Crippen LogP contribution < -0.4 is 10.1 Å². The summed E-state index contributed by atoms with van der Waals surface area (Å²) in [6, 6.07) is 15.6. The Bertz CT molecular complexity index is 1400. The molecule has 2 aromatic rings. The standard InChI is InChI=1S/C33H32F3NO4/c34-33(35,36)41-29-19-13-23(14-20-29)22-37-32(40)26-16-15-24-10-6-11-30(25-7-2-1-3-8-25)28(21-27(24)18-17-26)9-4-5-12-31(38)39/h1-3,7-8,11,13-16,18-21H,4-6,9-10,12,17,22H2,(H,37,40)(H,38,39)/b28-21-,30-11+. The molecule has 0 radical (unpaired) electrons. The van der Waals surface area contributed by atoms with Crippen molar-refractivity contribution in [2.24, 2.45) is 0 Å². The van der Waals surface area contributed by atoms with Crippen LogP contribution >= 0.6 is 0 Å². The fourth-order valence-corrected chi connectivity index (χ4v) is 4.86. The Labute approximate surface area is 237 Å². The van der Waals surface area contributed by atoms with E-state index >= 15 is 0 Å². The van der Waals surface area contributed by atoms with Crippen LogP contribution in [0.25, 0.3) is 5.57 Å². The van der Waals surface area contributed by atoms with Crippen molar-refractivity contribution in [1.29, 1.82) is 0 Å². The number of aliphatic carboxylic acids is 1. The first-order chi connectivity index (χ1) is 19.7. The molecular formula is C33H32F3NO4. The molecule has 2 aliphatic rings. The number of nitrogens with one attached hydrogen (secondary N) is 1. The number of carboxylic acid groups (broad SMARTS) is 1. The van der Waals surface area contributed by atoms with E-state index in [1.54, 1.807) is 0 Å². The quantitative estimate of drug-likeness (QED) is 0.289. The van der Waals surface area contributed by atoms with Gasteiger partial charge in [-0.1, -0.05) is 72.8 Å². The summed E-state index contributed by atoms with van der Waals surface area (Å²) in [5, 5.41) is 11.9. The Hall–Kier alpha value is -4.33. The number of carbonyl (C=O) groups excluding carboxylic acids is 1. The van der Waals surface area contributed by atoms with Gasteiger partial charge in [0.25, 0.3) is 0 Å². The van der Waals surface area contributed by atoms with E-state index < -0.39 is 12.3 Å². The van der Waals surface area contributed by atoms with Crippen LogP contribution in [-0.4, -0.2) is 23.3 Å². The molecule has 2 aromatic carbocycles. The number of carbonyl (C=O) groups is 2. The van der Waals surface area contributed by atoms with E-state index in [9.17, 15) is 22.8 Å². The second kappa shape index (κ2) is 13.8. The van der Waals surface area contributed by atoms with Gasteiger partial charge >= 0.3 is 12.3 Å². The highest BCUT2D eigenvalue weighted by Gasteiger charge is 2.31. The van der Waals surface area contributed by atoms with Gasteiger partial charge in [-0.05, 0) is 84.1 Å². The van der Waals surface area contributed by atoms with Gasteiger partial charge in [0.15, 0.2) is 0 Å². The third kappa shape index (κ3) is 9.10. The Morgan fingerprint density at radius 3 is 2.41 bits per heavy atom. The molecule has 2 N–H and O–H groups in total. The molecule has 0 spiro atoms. The van der Waals surface area contributed by atoms with Gasteiger partial charge in [-0.25, -0.2) is 0 Å². The first-order valence-electron chi connectivity index (χ1n) is 13.6. The third-order valence-electron chi connectivity index (χ3n) is 6.91. The Balaban J connectivity index is 1.47. The first kappa shape index (κ1) is 29.6. The molecule has 4 rings (SSSR count). The predicted molar refractivity (Wildman–Crippen MR) is 152 cm³/mol. The summed E-state index contributed by atoms with van der Waals surface area (Å²) in [5.41, 5.74) is 6.83. The Morgan fingerprint density at radius 2 is 1.71 bits per heavy atom. The van der Waals surface area contributed by atoms with Crippen LogP contribution in [0.15, 0.2) is 107 Å². The average Bonchev–Trinajstić information content (AvgIpc) is 3.12. The predicted octanol–water partition coefficient (Wildman–Crippen LogP) is 7.83. The summed E-state index contributed by atoms with van der Waals surface area (Å²) < 4.78 is 41.0. The van der Waals surface area contributed by atoms with E-state index in [4.69, 9.17) is 5.11 Å². The van der Waals surface area contributed by atoms with Crippen molar-refractivity contribution < 1.29 is 32.6 Å². The smallest absolute Gasteiger partial charge is 0.481 e. The van der Waals surface area contributed by atoms with E-state index in [-0.39, 0.29) is 24.6 Å². The zero-order valence-corrected chi connectivity index (χ0v) is 22.5. The maximum absolute atomic E-state index is 13.0. The van der Waals surface area contributed by atoms with Crippen molar-refractivity contribution in [3.63, 3.8) is 0 Å². The average molecular weight is 564 g/mol. The number of amides is 1. The molecule has 2 aliphatic carbocycles. The van der Waals surface area contributed by atoms with Crippen LogP contribution in [0, 0.1) is 0 Å². The lowest BCUT2D eigenvalue weighted by molar-refractivity contribution is -0.274. The number of ether oxygens (including phenoxy) is 1. The summed E-state index contributed by atoms with van der Waals surface area (Å²) in [6.45, 7) is 0.167. The lowest BCUT2D eigenvalue weighted by atomic mass is 9.86. The van der Waals surface area contributed by atoms with Crippen molar-refractivity contribution in [2.75, 3.05) is 0 Å². The van der Waals surface area contributed by atoms with Crippen LogP contribution in [0.1, 0.15) is 56.1 Å². The van der Waals surface area contributed by atoms with E-state index in [0.29, 0.717) is 24.0 Å². The van der Waals surface area contributed by atoms with Gasteiger partial charge in [-0.3, -0.25) is 9.59 Å². The number of benzene rings is 2. The molecule has 0 aliphatic heterocycles. The fourth-order valence-electron chi connectivity index (χ4n) is 4.86. The van der Waals surface area contributed by atoms with Crippen LogP contribution in [0.5, 0.6) is 5.75 Å². The first-order valence-corrected chi connectivity index (χ1v) is 13.6. The minimum Gasteiger partial charge on any atom is -0.481 e. The Morgan fingerprint density at radius 1 is 0.951 bits per heavy atom. The molecule has 0 saturated carbocycles. The third-order valence-corrected chi connectivity index (χ3v) is 6.91. The number of allylic oxidation sites excluding steroid dienone is 9. The molecule has 1 amide bonds. The maximum atomic E-state index is 13.0. The molecule has 41 heavy (non-hydrogen) atoms. The van der Waals surface area contributed by atoms with Crippen molar-refractivity contribution in [2.45, 2.75) is 57.9 Å². The molecule has 0 atom stereocenters. The highest BCUT2D eigenvalue weighted by atomic mass is 19.4. The maximum Gasteiger partial charge on any atom is 0.573 e. The summed E-state index contributed by atoms with van der Waals surface area (Å²) in [6.07, 6.45) is 9.81. The molecule has 5 nitrogen and oxygen atoms in total. The van der Waals surface area contributed by atoms with Gasteiger partial charge in [0.1, 0.15) is 5.75 Å². The van der Waals surface area contributed by atoms with E-state index in [1.807, 2.05) is 30.4 Å². The molecular weight excluding hydrogens is 531 g/mol. The molecule has 0 saturated heterocycles. The highest BCUT2D eigenvalue weighted by Crippen LogP contribution is 2.35. The van der Waals surface area contributed by atoms with Crippen molar-refractivity contribution in [3.05, 3.63) is 118 Å². The van der Waals surface area contributed by atoms with Crippen LogP contribution in [0.3, 0.4) is 0 Å². The molecule has 214 valence electrons. The van der Waals surface area contributed by atoms with Gasteiger partial charge in [-0.15, -0.1) is 13.2 Å². The van der Waals surface area contributed by atoms with E-state index in [1.165, 1.54) is 24.3 Å². The molecule has 0 unspecified atom stereocenters. The molecule has 0 bridgehead atoms. The molecule has 0 heterocycles. The minimum atomic E-state index is -4.75. The Kier molecular flexibility index (Phi) is 10.0. The van der Waals surface area contributed by atoms with Crippen molar-refractivity contribution in [3.8, 4) is 5.75 Å². The van der Waals surface area contributed by atoms with Crippen LogP contribution in [-0.2, 0) is 16.1 Å². The van der Waals surface area contributed by atoms with Crippen molar-refractivity contribution >= 4 is 17.4 Å². The second-order valence-electron chi connectivity index (χ2n) is 9.91. The second-order valence-corrected chi connectivity index (χ2v) is 9.91. The normalized spacial score (nSPS) is 18.0. The summed E-state index contributed by atoms with van der Waals surface area (Å²) in [7, 11) is 0. The number of hydrogen-bond donors (Lipinski definition) is 2. The van der Waals surface area contributed by atoms with Gasteiger partial charge in [-0.2, -0.15) is 0 Å². The topological polar surface area (TPSA) is 75.6 Å². The highest BCUT2D eigenvalue weighted by molar-refractivity contribution is 5.94. The van der Waals surface area contributed by atoms with Gasteiger partial charge < -0.3 is 15.2 Å². The number of halogens is 3. The molecule has 0 aromatic heterocycles. The molecule has 0 fully saturated rings. The largest absolute Gasteiger partial charge is 0.573 e. The number of fused-ring (bicyclic) bond motifs is 1. The number of alkyl halides is 3. The SMILES string of the molecule is O=C(O)CCCCC1=C/C2=CCC(C(=O)NCc3ccc(OC(F)(F)F)cc3)=CC=C2CC\C=C\1c1ccccc1. The zero-order valence-electron chi connectivity index (χ0n) is 22.5. The van der Waals surface area contributed by atoms with Crippen LogP contribution in [0.2, 0.25) is 0 Å². The number of rotatable bonds is 10. The minimum absolute atomic E-state index is 0.138. The monoisotopic (exact) mass is 563 g/mol. The lowest BCUT2D eigenvalue weighted by Gasteiger charge is -2.19. The zero-order chi connectivity index (χ0) is 29.2. The number of carboxylic acids is 1. The van der Waals surface area contributed by atoms with Crippen LogP contribution in [0.4, 0.5) is 13.2 Å². The van der Waals surface area contributed by atoms with Gasteiger partial charge in [0.05, 0.1) is 0 Å². The molecule has 8 heteroatoms. The lowest BCUT2D eigenvalue weighted by Crippen LogP contribution is -2.24. The number of unbranched alkanes of at least 4 members (excludes halogenated alkanes) is 1. The van der Waals surface area contributed by atoms with E-state index in [2.05, 4.69) is 40.4 Å². The summed E-state index contributed by atoms with van der Waals surface area (Å²) in [4.78, 5) is 24.0. The van der Waals surface area contributed by atoms with Crippen molar-refractivity contribution in [1.82, 2.24) is 5.32 Å². The summed E-state index contributed by atoms with van der Waals surface area (Å²) >= 11 is 0. The van der Waals surface area contributed by atoms with Gasteiger partial charge in [0.2, 0.25) is 5.91 Å². The van der Waals surface area contributed by atoms with Gasteiger partial charge in [0, 0.05) is 18.5 Å².